The number of nitrogens with two attached hydrogens (primary N) is 1. The van der Waals surface area contributed by atoms with Gasteiger partial charge in [-0.25, -0.2) is 9.59 Å². The lowest BCUT2D eigenvalue weighted by Gasteiger charge is -2.24. The molecule has 4 amide bonds. The van der Waals surface area contributed by atoms with E-state index in [1.807, 2.05) is 36.4 Å². The molecule has 1 aliphatic carbocycles. The number of methoxy groups -OCH3 is 1. The SMILES string of the molecule is COCCOCCCCC(=O)CNC(=O)C(CCCNC(N)=O)CC(=O)C(NC(=O)OCC1c2ccccc2-c2ccccc21)C(C)C. The van der Waals surface area contributed by atoms with Gasteiger partial charge in [0, 0.05) is 44.9 Å². The highest BCUT2D eigenvalue weighted by Crippen LogP contribution is 2.44. The molecule has 48 heavy (non-hydrogen) atoms. The van der Waals surface area contributed by atoms with Crippen molar-refractivity contribution < 1.29 is 38.2 Å². The standard InChI is InChI=1S/C36H50N4O8/c1-24(2)33(40-36(45)48-23-31-29-15-6-4-13-27(29)28-14-5-7-16-30(28)31)32(42)21-25(11-10-17-38-35(37)44)34(43)39-22-26(41)12-8-9-18-47-20-19-46-3/h4-7,13-16,24-25,31,33H,8-12,17-23H2,1-3H3,(H,39,43)(H,40,45)(H3,37,38,44). The summed E-state index contributed by atoms with van der Waals surface area (Å²) in [7, 11) is 1.60. The molecule has 2 unspecified atom stereocenters. The Kier molecular flexibility index (Phi) is 16.0. The van der Waals surface area contributed by atoms with E-state index >= 15 is 0 Å². The Balaban J connectivity index is 1.55. The number of carbonyl (C=O) groups is 5. The fraction of sp³-hybridized carbons (Fsp3) is 0.528. The largest absolute Gasteiger partial charge is 0.449 e. The highest BCUT2D eigenvalue weighted by Gasteiger charge is 2.32. The lowest BCUT2D eigenvalue weighted by molar-refractivity contribution is -0.131. The van der Waals surface area contributed by atoms with Crippen LogP contribution in [0.2, 0.25) is 0 Å². The maximum absolute atomic E-state index is 13.5. The molecular weight excluding hydrogens is 616 g/mol. The summed E-state index contributed by atoms with van der Waals surface area (Å²) in [6, 6.07) is 14.5. The Hall–Kier alpha value is -4.29. The highest BCUT2D eigenvalue weighted by molar-refractivity contribution is 5.93. The van der Waals surface area contributed by atoms with Crippen molar-refractivity contribution in [3.8, 4) is 11.1 Å². The summed E-state index contributed by atoms with van der Waals surface area (Å²) in [5.74, 6) is -2.09. The van der Waals surface area contributed by atoms with E-state index in [9.17, 15) is 24.0 Å². The zero-order valence-corrected chi connectivity index (χ0v) is 28.3. The summed E-state index contributed by atoms with van der Waals surface area (Å²) in [6.45, 7) is 5.31. The van der Waals surface area contributed by atoms with Crippen LogP contribution < -0.4 is 21.7 Å². The smallest absolute Gasteiger partial charge is 0.407 e. The second-order valence-electron chi connectivity index (χ2n) is 12.3. The number of hydrogen-bond donors (Lipinski definition) is 4. The van der Waals surface area contributed by atoms with E-state index in [1.54, 1.807) is 21.0 Å². The average Bonchev–Trinajstić information content (AvgIpc) is 3.39. The van der Waals surface area contributed by atoms with Gasteiger partial charge in [-0.05, 0) is 53.9 Å². The molecule has 0 saturated heterocycles. The van der Waals surface area contributed by atoms with Crippen LogP contribution in [0.5, 0.6) is 0 Å². The quantitative estimate of drug-likeness (QED) is 0.136. The molecule has 0 spiro atoms. The predicted molar refractivity (Wildman–Crippen MR) is 181 cm³/mol. The van der Waals surface area contributed by atoms with E-state index in [-0.39, 0.29) is 55.9 Å². The number of hydrogen-bond acceptors (Lipinski definition) is 8. The molecule has 0 bridgehead atoms. The first-order valence-corrected chi connectivity index (χ1v) is 16.7. The van der Waals surface area contributed by atoms with Crippen LogP contribution in [-0.4, -0.2) is 82.3 Å². The fourth-order valence-electron chi connectivity index (χ4n) is 5.83. The molecule has 0 aromatic heterocycles. The first kappa shape index (κ1) is 38.2. The molecule has 0 radical (unpaired) electrons. The molecule has 12 heteroatoms. The lowest BCUT2D eigenvalue weighted by atomic mass is 9.89. The van der Waals surface area contributed by atoms with Gasteiger partial charge in [-0.2, -0.15) is 0 Å². The second-order valence-corrected chi connectivity index (χ2v) is 12.3. The summed E-state index contributed by atoms with van der Waals surface area (Å²) in [6.07, 6.45) is 1.39. The van der Waals surface area contributed by atoms with E-state index in [0.717, 1.165) is 22.3 Å². The Morgan fingerprint density at radius 2 is 1.52 bits per heavy atom. The second kappa shape index (κ2) is 20.2. The van der Waals surface area contributed by atoms with Crippen molar-refractivity contribution in [2.24, 2.45) is 17.6 Å². The normalized spacial score (nSPS) is 13.2. The van der Waals surface area contributed by atoms with Gasteiger partial charge >= 0.3 is 12.1 Å². The Labute approximate surface area is 282 Å². The van der Waals surface area contributed by atoms with Gasteiger partial charge in [0.1, 0.15) is 6.61 Å². The number of alkyl carbamates (subject to hydrolysis) is 1. The van der Waals surface area contributed by atoms with Crippen LogP contribution in [-0.2, 0) is 28.6 Å². The van der Waals surface area contributed by atoms with Crippen LogP contribution in [0.1, 0.15) is 69.4 Å². The van der Waals surface area contributed by atoms with Gasteiger partial charge in [0.15, 0.2) is 11.6 Å². The average molecular weight is 667 g/mol. The molecule has 1 aliphatic rings. The van der Waals surface area contributed by atoms with Gasteiger partial charge in [-0.15, -0.1) is 0 Å². The number of ether oxygens (including phenoxy) is 3. The molecule has 3 rings (SSSR count). The predicted octanol–water partition coefficient (Wildman–Crippen LogP) is 4.09. The Morgan fingerprint density at radius 1 is 0.854 bits per heavy atom. The summed E-state index contributed by atoms with van der Waals surface area (Å²) >= 11 is 0. The minimum atomic E-state index is -0.896. The van der Waals surface area contributed by atoms with Crippen molar-refractivity contribution in [2.45, 2.75) is 64.3 Å². The van der Waals surface area contributed by atoms with E-state index in [2.05, 4.69) is 28.1 Å². The van der Waals surface area contributed by atoms with Gasteiger partial charge in [0.05, 0.1) is 25.8 Å². The van der Waals surface area contributed by atoms with Crippen LogP contribution >= 0.6 is 0 Å². The molecule has 0 heterocycles. The monoisotopic (exact) mass is 666 g/mol. The molecule has 0 saturated carbocycles. The number of amides is 4. The third-order valence-corrected chi connectivity index (χ3v) is 8.36. The van der Waals surface area contributed by atoms with Gasteiger partial charge in [0.2, 0.25) is 5.91 Å². The minimum absolute atomic E-state index is 0.103. The van der Waals surface area contributed by atoms with Crippen LogP contribution in [0.4, 0.5) is 9.59 Å². The van der Waals surface area contributed by atoms with Crippen molar-refractivity contribution in [1.29, 1.82) is 0 Å². The van der Waals surface area contributed by atoms with Crippen LogP contribution in [0, 0.1) is 11.8 Å². The summed E-state index contributed by atoms with van der Waals surface area (Å²) in [5, 5.41) is 7.87. The molecule has 12 nitrogen and oxygen atoms in total. The van der Waals surface area contributed by atoms with Gasteiger partial charge in [-0.3, -0.25) is 14.4 Å². The minimum Gasteiger partial charge on any atom is -0.449 e. The first-order chi connectivity index (χ1) is 23.1. The number of ketones is 2. The molecule has 0 aliphatic heterocycles. The maximum Gasteiger partial charge on any atom is 0.407 e. The summed E-state index contributed by atoms with van der Waals surface area (Å²) < 4.78 is 16.0. The van der Waals surface area contributed by atoms with Crippen molar-refractivity contribution in [1.82, 2.24) is 16.0 Å². The third-order valence-electron chi connectivity index (χ3n) is 8.36. The number of rotatable bonds is 22. The van der Waals surface area contributed by atoms with Crippen molar-refractivity contribution >= 4 is 29.6 Å². The molecule has 2 aromatic carbocycles. The number of carbonyl (C=O) groups excluding carboxylic acids is 5. The van der Waals surface area contributed by atoms with Gasteiger partial charge in [-0.1, -0.05) is 62.4 Å². The van der Waals surface area contributed by atoms with Gasteiger partial charge in [0.25, 0.3) is 0 Å². The maximum atomic E-state index is 13.5. The van der Waals surface area contributed by atoms with Crippen molar-refractivity contribution in [3.05, 3.63) is 59.7 Å². The topological polar surface area (TPSA) is 175 Å². The van der Waals surface area contributed by atoms with Crippen LogP contribution in [0.3, 0.4) is 0 Å². The number of nitrogens with one attached hydrogen (secondary N) is 3. The zero-order chi connectivity index (χ0) is 34.9. The third kappa shape index (κ3) is 12.1. The molecule has 2 atom stereocenters. The molecule has 2 aromatic rings. The molecule has 5 N–H and O–H groups in total. The summed E-state index contributed by atoms with van der Waals surface area (Å²) in [5.41, 5.74) is 9.53. The highest BCUT2D eigenvalue weighted by atomic mass is 16.5. The van der Waals surface area contributed by atoms with Gasteiger partial charge < -0.3 is 35.9 Å². The number of benzene rings is 2. The number of primary amides is 1. The van der Waals surface area contributed by atoms with E-state index in [1.165, 1.54) is 0 Å². The van der Waals surface area contributed by atoms with Crippen LogP contribution in [0.25, 0.3) is 11.1 Å². The molecular formula is C36H50N4O8. The number of Topliss-reactive ketones (excluding diaryl/α,β-unsaturated/α-hetero) is 2. The number of urea groups is 1. The van der Waals surface area contributed by atoms with E-state index in [0.29, 0.717) is 45.5 Å². The first-order valence-electron chi connectivity index (χ1n) is 16.7. The van der Waals surface area contributed by atoms with E-state index in [4.69, 9.17) is 19.9 Å². The van der Waals surface area contributed by atoms with Crippen LogP contribution in [0.15, 0.2) is 48.5 Å². The number of fused-ring (bicyclic) bond motifs is 3. The lowest BCUT2D eigenvalue weighted by Crippen LogP contribution is -2.46. The zero-order valence-electron chi connectivity index (χ0n) is 28.3. The fourth-order valence-corrected chi connectivity index (χ4v) is 5.83. The van der Waals surface area contributed by atoms with Crippen molar-refractivity contribution in [2.75, 3.05) is 46.6 Å². The summed E-state index contributed by atoms with van der Waals surface area (Å²) in [4.78, 5) is 63.3. The Bertz CT molecular complexity index is 1340. The van der Waals surface area contributed by atoms with E-state index < -0.39 is 30.0 Å². The Morgan fingerprint density at radius 3 is 2.15 bits per heavy atom. The molecule has 262 valence electrons. The molecule has 0 fully saturated rings. The number of unbranched alkanes of at least 4 members (excludes halogenated alkanes) is 1. The van der Waals surface area contributed by atoms with Crippen molar-refractivity contribution in [3.63, 3.8) is 0 Å².